The van der Waals surface area contributed by atoms with Gasteiger partial charge >= 0.3 is 0 Å². The summed E-state index contributed by atoms with van der Waals surface area (Å²) in [6.07, 6.45) is 6.02. The molecule has 2 aliphatic heterocycles. The Morgan fingerprint density at radius 1 is 1.28 bits per heavy atom. The van der Waals surface area contributed by atoms with Crippen LogP contribution in [-0.4, -0.2) is 66.5 Å². The van der Waals surface area contributed by atoms with E-state index in [1.807, 2.05) is 21.9 Å². The molecule has 6 heteroatoms. The minimum absolute atomic E-state index is 0.0132. The lowest BCUT2D eigenvalue weighted by molar-refractivity contribution is -0.139. The molecule has 1 spiro atoms. The molecule has 2 aliphatic rings. The first kappa shape index (κ1) is 17.9. The summed E-state index contributed by atoms with van der Waals surface area (Å²) in [6, 6.07) is 5.43. The van der Waals surface area contributed by atoms with Crippen molar-refractivity contribution in [3.63, 3.8) is 0 Å². The number of carbonyl (C=O) groups excluding carboxylic acids is 2. The molecule has 0 N–H and O–H groups in total. The lowest BCUT2D eigenvalue weighted by Gasteiger charge is -2.47. The third-order valence-corrected chi connectivity index (χ3v) is 5.52. The first-order valence-electron chi connectivity index (χ1n) is 9.11. The van der Waals surface area contributed by atoms with Crippen molar-refractivity contribution < 1.29 is 14.3 Å². The summed E-state index contributed by atoms with van der Waals surface area (Å²) >= 11 is 0. The van der Waals surface area contributed by atoms with E-state index in [9.17, 15) is 9.59 Å². The number of hydrogen-bond donors (Lipinski definition) is 0. The molecular weight excluding hydrogens is 318 g/mol. The summed E-state index contributed by atoms with van der Waals surface area (Å²) in [5.41, 5.74) is 0.681. The van der Waals surface area contributed by atoms with Gasteiger partial charge in [0.15, 0.2) is 0 Å². The van der Waals surface area contributed by atoms with E-state index in [1.165, 1.54) is 0 Å². The summed E-state index contributed by atoms with van der Waals surface area (Å²) in [6.45, 7) is 3.76. The summed E-state index contributed by atoms with van der Waals surface area (Å²) in [5.74, 6) is 0.271. The van der Waals surface area contributed by atoms with Gasteiger partial charge in [0.2, 0.25) is 5.91 Å². The lowest BCUT2D eigenvalue weighted by Crippen LogP contribution is -2.52. The molecule has 3 rings (SSSR count). The third kappa shape index (κ3) is 4.18. The molecule has 1 aromatic heterocycles. The van der Waals surface area contributed by atoms with Gasteiger partial charge in [-0.3, -0.25) is 14.6 Å². The van der Waals surface area contributed by atoms with Crippen LogP contribution in [0.5, 0.6) is 0 Å². The largest absolute Gasteiger partial charge is 0.385 e. The van der Waals surface area contributed by atoms with E-state index in [0.29, 0.717) is 18.7 Å². The van der Waals surface area contributed by atoms with E-state index in [0.717, 1.165) is 51.9 Å². The number of pyridine rings is 1. The maximum Gasteiger partial charge on any atom is 0.272 e. The number of carbonyl (C=O) groups is 2. The molecule has 0 saturated carbocycles. The van der Waals surface area contributed by atoms with Crippen molar-refractivity contribution in [1.29, 1.82) is 0 Å². The summed E-state index contributed by atoms with van der Waals surface area (Å²) in [7, 11) is 1.69. The highest BCUT2D eigenvalue weighted by Crippen LogP contribution is 2.40. The number of aromatic nitrogens is 1. The van der Waals surface area contributed by atoms with Crippen molar-refractivity contribution >= 4 is 11.8 Å². The zero-order valence-corrected chi connectivity index (χ0v) is 14.9. The van der Waals surface area contributed by atoms with E-state index in [-0.39, 0.29) is 17.2 Å². The third-order valence-electron chi connectivity index (χ3n) is 5.52. The van der Waals surface area contributed by atoms with Gasteiger partial charge in [0.25, 0.3) is 5.91 Å². The van der Waals surface area contributed by atoms with Gasteiger partial charge < -0.3 is 14.5 Å². The maximum absolute atomic E-state index is 12.5. The highest BCUT2D eigenvalue weighted by Gasteiger charge is 2.41. The summed E-state index contributed by atoms with van der Waals surface area (Å²) < 4.78 is 5.10. The zero-order valence-electron chi connectivity index (χ0n) is 14.9. The Kier molecular flexibility index (Phi) is 5.68. The number of rotatable bonds is 5. The summed E-state index contributed by atoms with van der Waals surface area (Å²) in [5, 5.41) is 0. The molecule has 6 nitrogen and oxygen atoms in total. The van der Waals surface area contributed by atoms with Crippen LogP contribution in [0.4, 0.5) is 0 Å². The van der Waals surface area contributed by atoms with Gasteiger partial charge in [-0.2, -0.15) is 0 Å². The van der Waals surface area contributed by atoms with Crippen LogP contribution in [0.15, 0.2) is 24.4 Å². The SMILES string of the molecule is COCCCN1CC2(CCC1=O)CCN(C(=O)c1ccccn1)CC2. The quantitative estimate of drug-likeness (QED) is 0.766. The Morgan fingerprint density at radius 2 is 2.08 bits per heavy atom. The van der Waals surface area contributed by atoms with Crippen LogP contribution < -0.4 is 0 Å². The second-order valence-electron chi connectivity index (χ2n) is 7.17. The number of ether oxygens (including phenoxy) is 1. The van der Waals surface area contributed by atoms with Crippen molar-refractivity contribution in [1.82, 2.24) is 14.8 Å². The van der Waals surface area contributed by atoms with Crippen LogP contribution in [-0.2, 0) is 9.53 Å². The van der Waals surface area contributed by atoms with Crippen molar-refractivity contribution in [3.05, 3.63) is 30.1 Å². The van der Waals surface area contributed by atoms with E-state index in [1.54, 1.807) is 19.4 Å². The predicted molar refractivity (Wildman–Crippen MR) is 94.1 cm³/mol. The van der Waals surface area contributed by atoms with Crippen molar-refractivity contribution in [2.75, 3.05) is 39.9 Å². The number of piperidine rings is 2. The molecule has 25 heavy (non-hydrogen) atoms. The second kappa shape index (κ2) is 7.95. The van der Waals surface area contributed by atoms with E-state index < -0.39 is 0 Å². The number of hydrogen-bond acceptors (Lipinski definition) is 4. The average Bonchev–Trinajstić information content (AvgIpc) is 2.66. The minimum Gasteiger partial charge on any atom is -0.385 e. The Bertz CT molecular complexity index is 597. The van der Waals surface area contributed by atoms with Gasteiger partial charge in [-0.1, -0.05) is 6.07 Å². The van der Waals surface area contributed by atoms with Crippen molar-refractivity contribution in [3.8, 4) is 0 Å². The number of amides is 2. The van der Waals surface area contributed by atoms with E-state index in [2.05, 4.69) is 4.98 Å². The van der Waals surface area contributed by atoms with Crippen LogP contribution in [0.3, 0.4) is 0 Å². The molecule has 136 valence electrons. The van der Waals surface area contributed by atoms with E-state index in [4.69, 9.17) is 4.74 Å². The molecule has 0 radical (unpaired) electrons. The Balaban J connectivity index is 1.57. The highest BCUT2D eigenvalue weighted by molar-refractivity contribution is 5.92. The van der Waals surface area contributed by atoms with Gasteiger partial charge in [0.1, 0.15) is 5.69 Å². The number of methoxy groups -OCH3 is 1. The van der Waals surface area contributed by atoms with E-state index >= 15 is 0 Å². The molecule has 0 aliphatic carbocycles. The Labute approximate surface area is 149 Å². The molecule has 0 aromatic carbocycles. The molecule has 0 unspecified atom stereocenters. The molecule has 2 saturated heterocycles. The fourth-order valence-electron chi connectivity index (χ4n) is 3.95. The number of nitrogens with zero attached hydrogens (tertiary/aromatic N) is 3. The molecular formula is C19H27N3O3. The van der Waals surface area contributed by atoms with Crippen molar-refractivity contribution in [2.45, 2.75) is 32.1 Å². The molecule has 0 bridgehead atoms. The maximum atomic E-state index is 12.5. The van der Waals surface area contributed by atoms with Crippen LogP contribution in [0.1, 0.15) is 42.6 Å². The van der Waals surface area contributed by atoms with Gasteiger partial charge in [0.05, 0.1) is 0 Å². The first-order chi connectivity index (χ1) is 12.1. The first-order valence-corrected chi connectivity index (χ1v) is 9.11. The van der Waals surface area contributed by atoms with Crippen molar-refractivity contribution in [2.24, 2.45) is 5.41 Å². The van der Waals surface area contributed by atoms with Gasteiger partial charge in [-0.15, -0.1) is 0 Å². The monoisotopic (exact) mass is 345 g/mol. The fourth-order valence-corrected chi connectivity index (χ4v) is 3.95. The zero-order chi connectivity index (χ0) is 17.7. The molecule has 1 aromatic rings. The normalized spacial score (nSPS) is 20.1. The standard InChI is InChI=1S/C19H27N3O3/c1-25-14-4-11-22-15-19(7-6-17(22)23)8-12-21(13-9-19)18(24)16-5-2-3-10-20-16/h2-3,5,10H,4,6-9,11-15H2,1H3. The van der Waals surface area contributed by atoms with Gasteiger partial charge in [-0.05, 0) is 43.2 Å². The minimum atomic E-state index is 0.0132. The molecule has 2 amide bonds. The second-order valence-corrected chi connectivity index (χ2v) is 7.17. The fraction of sp³-hybridized carbons (Fsp3) is 0.632. The molecule has 0 atom stereocenters. The van der Waals surface area contributed by atoms with Crippen LogP contribution in [0, 0.1) is 5.41 Å². The van der Waals surface area contributed by atoms with Gasteiger partial charge in [-0.25, -0.2) is 0 Å². The van der Waals surface area contributed by atoms with Gasteiger partial charge in [0, 0.05) is 52.5 Å². The summed E-state index contributed by atoms with van der Waals surface area (Å²) in [4.78, 5) is 32.8. The van der Waals surface area contributed by atoms with Crippen LogP contribution in [0.25, 0.3) is 0 Å². The van der Waals surface area contributed by atoms with Crippen LogP contribution in [0.2, 0.25) is 0 Å². The molecule has 3 heterocycles. The average molecular weight is 345 g/mol. The van der Waals surface area contributed by atoms with Crippen LogP contribution >= 0.6 is 0 Å². The Hall–Kier alpha value is -1.95. The molecule has 2 fully saturated rings. The smallest absolute Gasteiger partial charge is 0.272 e. The number of likely N-dealkylation sites (tertiary alicyclic amines) is 2. The predicted octanol–water partition coefficient (Wildman–Crippen LogP) is 1.96. The topological polar surface area (TPSA) is 62.7 Å². The lowest BCUT2D eigenvalue weighted by atomic mass is 9.72. The highest BCUT2D eigenvalue weighted by atomic mass is 16.5. The Morgan fingerprint density at radius 3 is 2.76 bits per heavy atom.